The zero-order valence-electron chi connectivity index (χ0n) is 14.3. The van der Waals surface area contributed by atoms with Gasteiger partial charge in [-0.3, -0.25) is 4.68 Å². The molecule has 3 rings (SSSR count). The minimum atomic E-state index is -0.121. The lowest BCUT2D eigenvalue weighted by Crippen LogP contribution is -2.23. The van der Waals surface area contributed by atoms with Crippen molar-refractivity contribution < 1.29 is 0 Å². The lowest BCUT2D eigenvalue weighted by Gasteiger charge is -2.18. The molecule has 3 aromatic rings. The van der Waals surface area contributed by atoms with E-state index in [9.17, 15) is 0 Å². The fraction of sp³-hybridized carbons (Fsp3) is 0.353. The van der Waals surface area contributed by atoms with Crippen LogP contribution in [0.25, 0.3) is 11.0 Å². The SMILES string of the molecule is CCN(C)c1nc(NCC(N)c2ccccc2)nc2c1cnn2C. The van der Waals surface area contributed by atoms with E-state index in [1.165, 1.54) is 0 Å². The maximum absolute atomic E-state index is 6.24. The molecule has 0 saturated carbocycles. The summed E-state index contributed by atoms with van der Waals surface area (Å²) in [5.41, 5.74) is 8.13. The molecule has 0 saturated heterocycles. The maximum atomic E-state index is 6.24. The summed E-state index contributed by atoms with van der Waals surface area (Å²) in [5, 5.41) is 8.49. The molecule has 1 unspecified atom stereocenters. The van der Waals surface area contributed by atoms with Crippen LogP contribution in [0.1, 0.15) is 18.5 Å². The van der Waals surface area contributed by atoms with Gasteiger partial charge in [0.15, 0.2) is 5.65 Å². The molecular weight excluding hydrogens is 302 g/mol. The first-order chi connectivity index (χ1) is 11.6. The first-order valence-corrected chi connectivity index (χ1v) is 8.05. The Labute approximate surface area is 141 Å². The van der Waals surface area contributed by atoms with Gasteiger partial charge in [0.2, 0.25) is 5.95 Å². The molecule has 0 spiro atoms. The number of aromatic nitrogens is 4. The lowest BCUT2D eigenvalue weighted by atomic mass is 10.1. The number of rotatable bonds is 6. The quantitative estimate of drug-likeness (QED) is 0.720. The van der Waals surface area contributed by atoms with Crippen LogP contribution in [0, 0.1) is 0 Å². The fourth-order valence-electron chi connectivity index (χ4n) is 2.55. The summed E-state index contributed by atoms with van der Waals surface area (Å²) in [6.45, 7) is 3.50. The first kappa shape index (κ1) is 16.2. The molecule has 0 radical (unpaired) electrons. The van der Waals surface area contributed by atoms with Crippen molar-refractivity contribution in [2.75, 3.05) is 30.4 Å². The maximum Gasteiger partial charge on any atom is 0.226 e. The van der Waals surface area contributed by atoms with Gasteiger partial charge in [0.05, 0.1) is 11.6 Å². The van der Waals surface area contributed by atoms with Gasteiger partial charge in [-0.25, -0.2) is 0 Å². The van der Waals surface area contributed by atoms with Gasteiger partial charge in [0.1, 0.15) is 5.82 Å². The fourth-order valence-corrected chi connectivity index (χ4v) is 2.55. The third kappa shape index (κ3) is 3.16. The van der Waals surface area contributed by atoms with Crippen LogP contribution in [-0.4, -0.2) is 39.9 Å². The number of aryl methyl sites for hydroxylation is 1. The van der Waals surface area contributed by atoms with Gasteiger partial charge in [-0.1, -0.05) is 30.3 Å². The summed E-state index contributed by atoms with van der Waals surface area (Å²) in [4.78, 5) is 11.3. The Hall–Kier alpha value is -2.67. The van der Waals surface area contributed by atoms with Crippen LogP contribution in [0.2, 0.25) is 0 Å². The van der Waals surface area contributed by atoms with Crippen molar-refractivity contribution in [3.63, 3.8) is 0 Å². The number of nitrogens with zero attached hydrogens (tertiary/aromatic N) is 5. The zero-order valence-corrected chi connectivity index (χ0v) is 14.3. The monoisotopic (exact) mass is 325 g/mol. The molecule has 2 aromatic heterocycles. The highest BCUT2D eigenvalue weighted by Crippen LogP contribution is 2.24. The molecule has 0 aliphatic heterocycles. The van der Waals surface area contributed by atoms with Crippen molar-refractivity contribution >= 4 is 22.8 Å². The van der Waals surface area contributed by atoms with Gasteiger partial charge in [-0.15, -0.1) is 0 Å². The molecule has 0 fully saturated rings. The number of fused-ring (bicyclic) bond motifs is 1. The third-order valence-electron chi connectivity index (χ3n) is 4.12. The molecule has 0 aliphatic rings. The summed E-state index contributed by atoms with van der Waals surface area (Å²) in [5.74, 6) is 1.43. The van der Waals surface area contributed by atoms with E-state index in [2.05, 4.69) is 32.2 Å². The topological polar surface area (TPSA) is 84.9 Å². The molecule has 2 heterocycles. The van der Waals surface area contributed by atoms with E-state index in [0.29, 0.717) is 12.5 Å². The molecule has 1 atom stereocenters. The minimum absolute atomic E-state index is 0.121. The normalized spacial score (nSPS) is 12.3. The molecule has 126 valence electrons. The molecule has 0 aliphatic carbocycles. The van der Waals surface area contributed by atoms with Gasteiger partial charge in [0.25, 0.3) is 0 Å². The Balaban J connectivity index is 1.85. The van der Waals surface area contributed by atoms with Crippen molar-refractivity contribution in [2.24, 2.45) is 12.8 Å². The number of anilines is 2. The van der Waals surface area contributed by atoms with E-state index in [-0.39, 0.29) is 6.04 Å². The number of nitrogens with one attached hydrogen (secondary N) is 1. The highest BCUT2D eigenvalue weighted by molar-refractivity contribution is 5.87. The predicted octanol–water partition coefficient (Wildman–Crippen LogP) is 1.93. The van der Waals surface area contributed by atoms with Crippen LogP contribution < -0.4 is 16.0 Å². The van der Waals surface area contributed by atoms with Crippen LogP contribution in [0.3, 0.4) is 0 Å². The van der Waals surface area contributed by atoms with E-state index < -0.39 is 0 Å². The van der Waals surface area contributed by atoms with E-state index >= 15 is 0 Å². The highest BCUT2D eigenvalue weighted by atomic mass is 15.3. The lowest BCUT2D eigenvalue weighted by molar-refractivity contribution is 0.755. The van der Waals surface area contributed by atoms with Crippen LogP contribution in [0.15, 0.2) is 36.5 Å². The second kappa shape index (κ2) is 6.84. The van der Waals surface area contributed by atoms with Crippen LogP contribution >= 0.6 is 0 Å². The Morgan fingerprint density at radius 1 is 1.25 bits per heavy atom. The predicted molar refractivity (Wildman–Crippen MR) is 97.1 cm³/mol. The number of nitrogens with two attached hydrogens (primary N) is 1. The molecule has 7 heteroatoms. The van der Waals surface area contributed by atoms with Gasteiger partial charge in [-0.2, -0.15) is 15.1 Å². The van der Waals surface area contributed by atoms with E-state index in [0.717, 1.165) is 29.0 Å². The molecule has 0 bridgehead atoms. The van der Waals surface area contributed by atoms with Crippen LogP contribution in [0.5, 0.6) is 0 Å². The third-order valence-corrected chi connectivity index (χ3v) is 4.12. The summed E-state index contributed by atoms with van der Waals surface area (Å²) in [6, 6.07) is 9.88. The molecular formula is C17H23N7. The molecule has 1 aromatic carbocycles. The summed E-state index contributed by atoms with van der Waals surface area (Å²) < 4.78 is 1.76. The average Bonchev–Trinajstić information content (AvgIpc) is 3.00. The van der Waals surface area contributed by atoms with E-state index in [1.54, 1.807) is 10.9 Å². The van der Waals surface area contributed by atoms with Crippen LogP contribution in [0.4, 0.5) is 11.8 Å². The summed E-state index contributed by atoms with van der Waals surface area (Å²) in [6.07, 6.45) is 1.80. The number of hydrogen-bond donors (Lipinski definition) is 2. The summed E-state index contributed by atoms with van der Waals surface area (Å²) in [7, 11) is 3.89. The van der Waals surface area contributed by atoms with E-state index in [1.807, 2.05) is 44.4 Å². The molecule has 0 amide bonds. The van der Waals surface area contributed by atoms with Crippen molar-refractivity contribution in [1.29, 1.82) is 0 Å². The second-order valence-corrected chi connectivity index (χ2v) is 5.79. The Morgan fingerprint density at radius 3 is 2.71 bits per heavy atom. The summed E-state index contributed by atoms with van der Waals surface area (Å²) >= 11 is 0. The van der Waals surface area contributed by atoms with Crippen molar-refractivity contribution in [1.82, 2.24) is 19.7 Å². The number of hydrogen-bond acceptors (Lipinski definition) is 6. The van der Waals surface area contributed by atoms with Crippen molar-refractivity contribution in [3.05, 3.63) is 42.1 Å². The average molecular weight is 325 g/mol. The first-order valence-electron chi connectivity index (χ1n) is 8.05. The second-order valence-electron chi connectivity index (χ2n) is 5.79. The van der Waals surface area contributed by atoms with Crippen molar-refractivity contribution in [2.45, 2.75) is 13.0 Å². The molecule has 3 N–H and O–H groups in total. The molecule has 7 nitrogen and oxygen atoms in total. The van der Waals surface area contributed by atoms with E-state index in [4.69, 9.17) is 5.73 Å². The standard InChI is InChI=1S/C17H23N7/c1-4-23(2)15-13-10-20-24(3)16(13)22-17(21-15)19-11-14(18)12-8-6-5-7-9-12/h5-10,14H,4,11,18H2,1-3H3,(H,19,21,22). The van der Waals surface area contributed by atoms with Gasteiger partial charge < -0.3 is 16.0 Å². The number of benzene rings is 1. The Bertz CT molecular complexity index is 812. The van der Waals surface area contributed by atoms with Gasteiger partial charge in [0, 0.05) is 33.2 Å². The van der Waals surface area contributed by atoms with Gasteiger partial charge in [-0.05, 0) is 12.5 Å². The van der Waals surface area contributed by atoms with Gasteiger partial charge >= 0.3 is 0 Å². The highest BCUT2D eigenvalue weighted by Gasteiger charge is 2.14. The largest absolute Gasteiger partial charge is 0.359 e. The van der Waals surface area contributed by atoms with Crippen molar-refractivity contribution in [3.8, 4) is 0 Å². The Kier molecular flexibility index (Phi) is 4.61. The van der Waals surface area contributed by atoms with Crippen LogP contribution in [-0.2, 0) is 7.05 Å². The minimum Gasteiger partial charge on any atom is -0.359 e. The smallest absolute Gasteiger partial charge is 0.226 e. The zero-order chi connectivity index (χ0) is 17.1. The Morgan fingerprint density at radius 2 is 2.00 bits per heavy atom. The molecule has 24 heavy (non-hydrogen) atoms.